The molecule has 3 saturated heterocycles. The number of halogens is 3. The highest BCUT2D eigenvalue weighted by Crippen LogP contribution is 2.41. The lowest BCUT2D eigenvalue weighted by molar-refractivity contribution is -0.149. The van der Waals surface area contributed by atoms with Crippen molar-refractivity contribution in [2.45, 2.75) is 44.1 Å². The number of ether oxygens (including phenoxy) is 1. The fourth-order valence-electron chi connectivity index (χ4n) is 5.81. The summed E-state index contributed by atoms with van der Waals surface area (Å²) in [6, 6.07) is 10.3. The summed E-state index contributed by atoms with van der Waals surface area (Å²) in [4.78, 5) is 23.8. The summed E-state index contributed by atoms with van der Waals surface area (Å²) in [5.74, 6) is 0.357. The quantitative estimate of drug-likeness (QED) is 0.708. The van der Waals surface area contributed by atoms with Gasteiger partial charge in [-0.15, -0.1) is 0 Å². The third-order valence-electron chi connectivity index (χ3n) is 7.58. The van der Waals surface area contributed by atoms with E-state index in [-0.39, 0.29) is 31.0 Å². The summed E-state index contributed by atoms with van der Waals surface area (Å²) in [5.41, 5.74) is 3.54. The molecule has 7 nitrogen and oxygen atoms in total. The molecule has 5 heterocycles. The minimum absolute atomic E-state index is 0.0418. The first-order chi connectivity index (χ1) is 16.8. The van der Waals surface area contributed by atoms with Gasteiger partial charge < -0.3 is 19.9 Å². The largest absolute Gasteiger partial charge is 0.401 e. The Morgan fingerprint density at radius 2 is 2.03 bits per heavy atom. The molecule has 2 atom stereocenters. The molecule has 0 aliphatic carbocycles. The molecule has 4 aliphatic heterocycles. The predicted molar refractivity (Wildman–Crippen MR) is 126 cm³/mol. The fourth-order valence-corrected chi connectivity index (χ4v) is 5.81. The number of pyridine rings is 1. The van der Waals surface area contributed by atoms with Crippen LogP contribution in [0.15, 0.2) is 36.5 Å². The number of carbonyl (C=O) groups excluding carboxylic acids is 1. The van der Waals surface area contributed by atoms with Crippen LogP contribution in [0.4, 0.5) is 36.1 Å². The average molecular weight is 488 g/mol. The first-order valence-electron chi connectivity index (χ1n) is 12.2. The number of anilines is 4. The van der Waals surface area contributed by atoms with Gasteiger partial charge in [0.25, 0.3) is 0 Å². The number of hydrogen-bond acceptors (Lipinski definition) is 6. The Morgan fingerprint density at radius 1 is 1.20 bits per heavy atom. The molecule has 3 fully saturated rings. The van der Waals surface area contributed by atoms with Crippen LogP contribution in [-0.4, -0.2) is 66.9 Å². The number of nitrogens with zero attached hydrogens (tertiary/aromatic N) is 4. The van der Waals surface area contributed by atoms with E-state index in [2.05, 4.69) is 27.3 Å². The van der Waals surface area contributed by atoms with E-state index in [4.69, 9.17) is 4.74 Å². The number of hydrogen-bond donors (Lipinski definition) is 1. The molecule has 0 unspecified atom stereocenters. The SMILES string of the molecule is O=C(C1CCN(CC(F)(F)F)CC1)N1Cc2cccnc2Nc2ccc(N3C[C@@H]4C[C@H]3CO4)cc21. The highest BCUT2D eigenvalue weighted by atomic mass is 19.4. The Kier molecular flexibility index (Phi) is 5.60. The van der Waals surface area contributed by atoms with Gasteiger partial charge in [-0.2, -0.15) is 13.2 Å². The summed E-state index contributed by atoms with van der Waals surface area (Å²) in [5, 5.41) is 3.39. The van der Waals surface area contributed by atoms with Crippen LogP contribution in [0.3, 0.4) is 0 Å². The van der Waals surface area contributed by atoms with E-state index >= 15 is 0 Å². The molecule has 1 N–H and O–H groups in total. The number of likely N-dealkylation sites (tertiary alicyclic amines) is 1. The van der Waals surface area contributed by atoms with Crippen molar-refractivity contribution >= 4 is 28.8 Å². The zero-order valence-electron chi connectivity index (χ0n) is 19.3. The number of alkyl halides is 3. The third-order valence-corrected chi connectivity index (χ3v) is 7.58. The van der Waals surface area contributed by atoms with Gasteiger partial charge >= 0.3 is 6.18 Å². The van der Waals surface area contributed by atoms with E-state index in [1.54, 1.807) is 11.1 Å². The lowest BCUT2D eigenvalue weighted by atomic mass is 9.94. The third kappa shape index (κ3) is 4.45. The van der Waals surface area contributed by atoms with Gasteiger partial charge in [0.2, 0.25) is 5.91 Å². The van der Waals surface area contributed by atoms with E-state index < -0.39 is 12.7 Å². The first-order valence-corrected chi connectivity index (χ1v) is 12.2. The molecule has 4 aliphatic rings. The first kappa shape index (κ1) is 22.6. The molecule has 0 spiro atoms. The number of fused-ring (bicyclic) bond motifs is 4. The molecule has 0 saturated carbocycles. The Labute approximate surface area is 201 Å². The van der Waals surface area contributed by atoms with Crippen LogP contribution in [0.25, 0.3) is 0 Å². The summed E-state index contributed by atoms with van der Waals surface area (Å²) in [6.45, 7) is 1.53. The van der Waals surface area contributed by atoms with Gasteiger partial charge in [0.1, 0.15) is 5.82 Å². The Hall–Kier alpha value is -2.85. The smallest absolute Gasteiger partial charge is 0.374 e. The van der Waals surface area contributed by atoms with Gasteiger partial charge in [0.15, 0.2) is 0 Å². The van der Waals surface area contributed by atoms with Crippen LogP contribution < -0.4 is 15.1 Å². The van der Waals surface area contributed by atoms with Crippen LogP contribution in [-0.2, 0) is 16.1 Å². The summed E-state index contributed by atoms with van der Waals surface area (Å²) < 4.78 is 44.2. The lowest BCUT2D eigenvalue weighted by Gasteiger charge is -2.35. The number of benzene rings is 1. The average Bonchev–Trinajstić information content (AvgIpc) is 3.43. The number of morpholine rings is 1. The maximum Gasteiger partial charge on any atom is 0.401 e. The summed E-state index contributed by atoms with van der Waals surface area (Å²) in [7, 11) is 0. The molecule has 0 radical (unpaired) electrons. The Balaban J connectivity index is 1.28. The van der Waals surface area contributed by atoms with Crippen molar-refractivity contribution in [2.24, 2.45) is 5.92 Å². The molecule has 6 rings (SSSR count). The summed E-state index contributed by atoms with van der Waals surface area (Å²) in [6.07, 6.45) is -0.398. The molecule has 1 aromatic heterocycles. The maximum absolute atomic E-state index is 13.8. The second kappa shape index (κ2) is 8.67. The zero-order chi connectivity index (χ0) is 24.2. The maximum atomic E-state index is 13.8. The number of amides is 1. The van der Waals surface area contributed by atoms with Crippen LogP contribution in [0.2, 0.25) is 0 Å². The predicted octanol–water partition coefficient (Wildman–Crippen LogP) is 3.92. The van der Waals surface area contributed by atoms with E-state index in [1.807, 2.05) is 18.2 Å². The summed E-state index contributed by atoms with van der Waals surface area (Å²) >= 11 is 0. The molecule has 1 amide bonds. The zero-order valence-corrected chi connectivity index (χ0v) is 19.3. The normalized spacial score (nSPS) is 24.7. The fraction of sp³-hybridized carbons (Fsp3) is 0.520. The van der Waals surface area contributed by atoms with E-state index in [9.17, 15) is 18.0 Å². The van der Waals surface area contributed by atoms with Gasteiger partial charge in [-0.1, -0.05) is 6.07 Å². The Bertz CT molecular complexity index is 1120. The molecule has 186 valence electrons. The molecule has 10 heteroatoms. The molecule has 2 aromatic rings. The van der Waals surface area contributed by atoms with Crippen molar-refractivity contribution in [1.82, 2.24) is 9.88 Å². The highest BCUT2D eigenvalue weighted by molar-refractivity contribution is 6.00. The number of rotatable bonds is 3. The minimum atomic E-state index is -4.22. The lowest BCUT2D eigenvalue weighted by Crippen LogP contribution is -2.45. The van der Waals surface area contributed by atoms with Crippen molar-refractivity contribution in [3.63, 3.8) is 0 Å². The van der Waals surface area contributed by atoms with E-state index in [1.165, 1.54) is 4.90 Å². The van der Waals surface area contributed by atoms with E-state index in [0.29, 0.717) is 37.9 Å². The van der Waals surface area contributed by atoms with Crippen molar-refractivity contribution < 1.29 is 22.7 Å². The molecule has 1 aromatic carbocycles. The number of nitrogens with one attached hydrogen (secondary N) is 1. The standard InChI is InChI=1S/C25H28F3N5O2/c26-25(27,28)15-31-8-5-16(6-9-31)24(34)33-12-17-2-1-7-29-23(17)30-21-4-3-18(11-22(21)33)32-13-20-10-19(32)14-35-20/h1-4,7,11,16,19-20H,5-6,8-10,12-15H2,(H,29,30)/t19-,20-/m0/s1. The number of piperidine rings is 1. The minimum Gasteiger partial charge on any atom is -0.374 e. The van der Waals surface area contributed by atoms with Crippen molar-refractivity contribution in [3.8, 4) is 0 Å². The van der Waals surface area contributed by atoms with Crippen LogP contribution >= 0.6 is 0 Å². The van der Waals surface area contributed by atoms with Crippen LogP contribution in [0.5, 0.6) is 0 Å². The van der Waals surface area contributed by atoms with Crippen LogP contribution in [0, 0.1) is 5.92 Å². The molecule has 35 heavy (non-hydrogen) atoms. The number of aromatic nitrogens is 1. The van der Waals surface area contributed by atoms with Crippen molar-refractivity contribution in [3.05, 3.63) is 42.1 Å². The van der Waals surface area contributed by atoms with Crippen molar-refractivity contribution in [2.75, 3.05) is 47.9 Å². The molecule has 2 bridgehead atoms. The Morgan fingerprint density at radius 3 is 2.74 bits per heavy atom. The van der Waals surface area contributed by atoms with Gasteiger partial charge in [-0.3, -0.25) is 9.69 Å². The van der Waals surface area contributed by atoms with Crippen molar-refractivity contribution in [1.29, 1.82) is 0 Å². The van der Waals surface area contributed by atoms with Gasteiger partial charge in [-0.25, -0.2) is 4.98 Å². The van der Waals surface area contributed by atoms with E-state index in [0.717, 1.165) is 35.6 Å². The second-order valence-electron chi connectivity index (χ2n) is 9.92. The number of carbonyl (C=O) groups is 1. The highest BCUT2D eigenvalue weighted by Gasteiger charge is 2.40. The van der Waals surface area contributed by atoms with Crippen LogP contribution in [0.1, 0.15) is 24.8 Å². The van der Waals surface area contributed by atoms with Gasteiger partial charge in [-0.05, 0) is 56.6 Å². The topological polar surface area (TPSA) is 60.9 Å². The van der Waals surface area contributed by atoms with Gasteiger partial charge in [0, 0.05) is 29.9 Å². The second-order valence-corrected chi connectivity index (χ2v) is 9.92. The van der Waals surface area contributed by atoms with Gasteiger partial charge in [0.05, 0.1) is 43.2 Å². The molecular formula is C25H28F3N5O2. The monoisotopic (exact) mass is 487 g/mol. The molecular weight excluding hydrogens is 459 g/mol.